The summed E-state index contributed by atoms with van der Waals surface area (Å²) >= 11 is 1.73. The molecule has 112 valence electrons. The second kappa shape index (κ2) is 7.22. The SMILES string of the molecule is CCNC(=O)c1ccc(NCc2cnc(CC)s2)c(C)c1. The average Bonchev–Trinajstić information content (AvgIpc) is 2.94. The highest BCUT2D eigenvalue weighted by Gasteiger charge is 2.07. The zero-order chi connectivity index (χ0) is 15.2. The molecule has 21 heavy (non-hydrogen) atoms. The van der Waals surface area contributed by atoms with Gasteiger partial charge in [0, 0.05) is 28.9 Å². The van der Waals surface area contributed by atoms with Crippen molar-refractivity contribution in [3.8, 4) is 0 Å². The number of aryl methyl sites for hydroxylation is 2. The van der Waals surface area contributed by atoms with Gasteiger partial charge in [0.25, 0.3) is 5.91 Å². The molecule has 0 bridgehead atoms. The summed E-state index contributed by atoms with van der Waals surface area (Å²) in [6.07, 6.45) is 2.90. The van der Waals surface area contributed by atoms with E-state index in [4.69, 9.17) is 0 Å². The Bertz CT molecular complexity index is 622. The molecule has 2 rings (SSSR count). The van der Waals surface area contributed by atoms with Crippen molar-refractivity contribution in [3.63, 3.8) is 0 Å². The molecule has 4 nitrogen and oxygen atoms in total. The number of nitrogens with zero attached hydrogens (tertiary/aromatic N) is 1. The molecule has 0 fully saturated rings. The molecular weight excluding hydrogens is 282 g/mol. The van der Waals surface area contributed by atoms with E-state index in [0.717, 1.165) is 29.2 Å². The maximum Gasteiger partial charge on any atom is 0.251 e. The van der Waals surface area contributed by atoms with Crippen molar-refractivity contribution < 1.29 is 4.79 Å². The van der Waals surface area contributed by atoms with Gasteiger partial charge in [0.05, 0.1) is 11.6 Å². The largest absolute Gasteiger partial charge is 0.380 e. The van der Waals surface area contributed by atoms with Gasteiger partial charge in [-0.25, -0.2) is 4.98 Å². The molecule has 5 heteroatoms. The van der Waals surface area contributed by atoms with Gasteiger partial charge in [-0.15, -0.1) is 11.3 Å². The zero-order valence-electron chi connectivity index (χ0n) is 12.7. The van der Waals surface area contributed by atoms with Crippen molar-refractivity contribution in [1.29, 1.82) is 0 Å². The van der Waals surface area contributed by atoms with Gasteiger partial charge in [-0.05, 0) is 44.0 Å². The summed E-state index contributed by atoms with van der Waals surface area (Å²) in [4.78, 5) is 17.4. The highest BCUT2D eigenvalue weighted by molar-refractivity contribution is 7.11. The van der Waals surface area contributed by atoms with Crippen molar-refractivity contribution in [3.05, 3.63) is 45.4 Å². The van der Waals surface area contributed by atoms with Crippen LogP contribution in [0, 0.1) is 6.92 Å². The van der Waals surface area contributed by atoms with Crippen LogP contribution in [0.1, 0.15) is 39.7 Å². The fourth-order valence-corrected chi connectivity index (χ4v) is 2.84. The van der Waals surface area contributed by atoms with Gasteiger partial charge < -0.3 is 10.6 Å². The number of carbonyl (C=O) groups excluding carboxylic acids is 1. The molecule has 1 heterocycles. The molecule has 2 N–H and O–H groups in total. The lowest BCUT2D eigenvalue weighted by atomic mass is 10.1. The minimum absolute atomic E-state index is 0.0257. The van der Waals surface area contributed by atoms with Gasteiger partial charge in [0.15, 0.2) is 0 Å². The van der Waals surface area contributed by atoms with Gasteiger partial charge in [-0.1, -0.05) is 6.92 Å². The second-order valence-electron chi connectivity index (χ2n) is 4.82. The van der Waals surface area contributed by atoms with E-state index in [2.05, 4.69) is 22.5 Å². The average molecular weight is 303 g/mol. The summed E-state index contributed by atoms with van der Waals surface area (Å²) in [5, 5.41) is 7.38. The Balaban J connectivity index is 2.02. The molecular formula is C16H21N3OS. The standard InChI is InChI=1S/C16H21N3OS/c1-4-15-19-10-13(21-15)9-18-14-7-6-12(8-11(14)3)16(20)17-5-2/h6-8,10,18H,4-5,9H2,1-3H3,(H,17,20). The minimum Gasteiger partial charge on any atom is -0.380 e. The van der Waals surface area contributed by atoms with Crippen LogP contribution in [0.15, 0.2) is 24.4 Å². The summed E-state index contributed by atoms with van der Waals surface area (Å²) in [6.45, 7) is 7.44. The normalized spacial score (nSPS) is 10.4. The van der Waals surface area contributed by atoms with E-state index in [1.54, 1.807) is 11.3 Å². The summed E-state index contributed by atoms with van der Waals surface area (Å²) < 4.78 is 0. The number of thiazole rings is 1. The van der Waals surface area contributed by atoms with Crippen LogP contribution in [-0.2, 0) is 13.0 Å². The van der Waals surface area contributed by atoms with Crippen LogP contribution in [0.25, 0.3) is 0 Å². The Kier molecular flexibility index (Phi) is 5.33. The number of anilines is 1. The van der Waals surface area contributed by atoms with Gasteiger partial charge in [0.1, 0.15) is 0 Å². The van der Waals surface area contributed by atoms with Crippen LogP contribution in [0.3, 0.4) is 0 Å². The molecule has 0 spiro atoms. The molecule has 0 saturated heterocycles. The van der Waals surface area contributed by atoms with Crippen LogP contribution >= 0.6 is 11.3 Å². The zero-order valence-corrected chi connectivity index (χ0v) is 13.5. The Morgan fingerprint density at radius 2 is 2.14 bits per heavy atom. The third kappa shape index (κ3) is 4.04. The second-order valence-corrected chi connectivity index (χ2v) is 6.02. The lowest BCUT2D eigenvalue weighted by molar-refractivity contribution is 0.0956. The van der Waals surface area contributed by atoms with E-state index < -0.39 is 0 Å². The molecule has 0 aliphatic heterocycles. The van der Waals surface area contributed by atoms with Crippen LogP contribution in [0.5, 0.6) is 0 Å². The molecule has 0 aliphatic carbocycles. The predicted octanol–water partition coefficient (Wildman–Crippen LogP) is 3.38. The first-order valence-electron chi connectivity index (χ1n) is 7.20. The van der Waals surface area contributed by atoms with E-state index in [-0.39, 0.29) is 5.91 Å². The number of aromatic nitrogens is 1. The number of benzene rings is 1. The number of carbonyl (C=O) groups is 1. The first kappa shape index (κ1) is 15.5. The topological polar surface area (TPSA) is 54.0 Å². The third-order valence-electron chi connectivity index (χ3n) is 3.18. The molecule has 2 aromatic rings. The summed E-state index contributed by atoms with van der Waals surface area (Å²) in [6, 6.07) is 5.73. The van der Waals surface area contributed by atoms with E-state index in [0.29, 0.717) is 12.1 Å². The molecule has 0 atom stereocenters. The fourth-order valence-electron chi connectivity index (χ4n) is 2.04. The Labute approximate surface area is 129 Å². The Morgan fingerprint density at radius 3 is 2.76 bits per heavy atom. The lowest BCUT2D eigenvalue weighted by Crippen LogP contribution is -2.22. The van der Waals surface area contributed by atoms with Gasteiger partial charge in [-0.3, -0.25) is 4.79 Å². The van der Waals surface area contributed by atoms with E-state index in [9.17, 15) is 4.79 Å². The maximum absolute atomic E-state index is 11.8. The molecule has 0 unspecified atom stereocenters. The fraction of sp³-hybridized carbons (Fsp3) is 0.375. The van der Waals surface area contributed by atoms with E-state index in [1.165, 1.54) is 4.88 Å². The molecule has 1 aromatic heterocycles. The first-order valence-corrected chi connectivity index (χ1v) is 8.02. The van der Waals surface area contributed by atoms with Gasteiger partial charge in [0.2, 0.25) is 0 Å². The molecule has 1 aromatic carbocycles. The Hall–Kier alpha value is -1.88. The van der Waals surface area contributed by atoms with Crippen molar-refractivity contribution in [2.75, 3.05) is 11.9 Å². The van der Waals surface area contributed by atoms with Gasteiger partial charge >= 0.3 is 0 Å². The molecule has 1 amide bonds. The predicted molar refractivity (Wildman–Crippen MR) is 88.0 cm³/mol. The number of hydrogen-bond acceptors (Lipinski definition) is 4. The monoisotopic (exact) mass is 303 g/mol. The number of nitrogens with one attached hydrogen (secondary N) is 2. The molecule has 0 aliphatic rings. The summed E-state index contributed by atoms with van der Waals surface area (Å²) in [5.74, 6) is -0.0257. The van der Waals surface area contributed by atoms with E-state index in [1.807, 2.05) is 38.2 Å². The maximum atomic E-state index is 11.8. The van der Waals surface area contributed by atoms with Gasteiger partial charge in [-0.2, -0.15) is 0 Å². The van der Waals surface area contributed by atoms with Crippen LogP contribution < -0.4 is 10.6 Å². The highest BCUT2D eigenvalue weighted by atomic mass is 32.1. The van der Waals surface area contributed by atoms with E-state index >= 15 is 0 Å². The first-order chi connectivity index (χ1) is 10.1. The molecule has 0 radical (unpaired) electrons. The highest BCUT2D eigenvalue weighted by Crippen LogP contribution is 2.19. The van der Waals surface area contributed by atoms with Crippen LogP contribution in [0.4, 0.5) is 5.69 Å². The summed E-state index contributed by atoms with van der Waals surface area (Å²) in [7, 11) is 0. The quantitative estimate of drug-likeness (QED) is 0.860. The number of rotatable bonds is 6. The van der Waals surface area contributed by atoms with Crippen LogP contribution in [-0.4, -0.2) is 17.4 Å². The van der Waals surface area contributed by atoms with Crippen LogP contribution in [0.2, 0.25) is 0 Å². The minimum atomic E-state index is -0.0257. The number of hydrogen-bond donors (Lipinski definition) is 2. The Morgan fingerprint density at radius 1 is 1.33 bits per heavy atom. The number of amides is 1. The lowest BCUT2D eigenvalue weighted by Gasteiger charge is -2.10. The van der Waals surface area contributed by atoms with Crippen molar-refractivity contribution in [2.24, 2.45) is 0 Å². The van der Waals surface area contributed by atoms with Crippen molar-refractivity contribution in [1.82, 2.24) is 10.3 Å². The molecule has 0 saturated carbocycles. The third-order valence-corrected chi connectivity index (χ3v) is 4.32. The van der Waals surface area contributed by atoms with Crippen molar-refractivity contribution >= 4 is 22.9 Å². The summed E-state index contributed by atoms with van der Waals surface area (Å²) in [5.41, 5.74) is 2.82. The smallest absolute Gasteiger partial charge is 0.251 e. The van der Waals surface area contributed by atoms with Crippen molar-refractivity contribution in [2.45, 2.75) is 33.7 Å².